The number of hydrogen-bond donors (Lipinski definition) is 1. The van der Waals surface area contributed by atoms with Crippen LogP contribution in [0.3, 0.4) is 0 Å². The van der Waals surface area contributed by atoms with Crippen molar-refractivity contribution < 1.29 is 17.2 Å². The van der Waals surface area contributed by atoms with Crippen molar-refractivity contribution in [3.63, 3.8) is 0 Å². The molecule has 1 rings (SSSR count). The average molecular weight is 264 g/mol. The molecule has 0 aliphatic heterocycles. The summed E-state index contributed by atoms with van der Waals surface area (Å²) in [6, 6.07) is 0.917. The molecule has 0 radical (unpaired) electrons. The lowest BCUT2D eigenvalue weighted by Gasteiger charge is -2.21. The first-order valence-corrected chi connectivity index (χ1v) is 6.34. The van der Waals surface area contributed by atoms with Gasteiger partial charge in [-0.3, -0.25) is 0 Å². The summed E-state index contributed by atoms with van der Waals surface area (Å²) in [5.74, 6) is -2.13. The van der Waals surface area contributed by atoms with E-state index in [1.54, 1.807) is 13.8 Å². The van der Waals surface area contributed by atoms with Crippen LogP contribution in [0.15, 0.2) is 17.0 Å². The smallest absolute Gasteiger partial charge is 0.246 e. The highest BCUT2D eigenvalue weighted by Gasteiger charge is 2.27. The van der Waals surface area contributed by atoms with Crippen molar-refractivity contribution in [1.29, 1.82) is 0 Å². The van der Waals surface area contributed by atoms with Gasteiger partial charge in [-0.25, -0.2) is 17.2 Å². The fraction of sp³-hybridized carbons (Fsp3) is 0.400. The Bertz CT molecular complexity index is 529. The fourth-order valence-corrected chi connectivity index (χ4v) is 2.62. The van der Waals surface area contributed by atoms with Gasteiger partial charge in [0.1, 0.15) is 16.5 Å². The average Bonchev–Trinajstić information content (AvgIpc) is 2.21. The number of benzene rings is 1. The number of nitrogens with zero attached hydrogens (tertiary/aromatic N) is 1. The molecule has 0 saturated heterocycles. The number of rotatable bonds is 3. The molecule has 0 unspecified atom stereocenters. The summed E-state index contributed by atoms with van der Waals surface area (Å²) in [6.07, 6.45) is 0. The molecule has 0 aromatic heterocycles. The zero-order valence-corrected chi connectivity index (χ0v) is 10.6. The molecule has 0 amide bonds. The zero-order chi connectivity index (χ0) is 13.4. The van der Waals surface area contributed by atoms with E-state index in [0.29, 0.717) is 6.07 Å². The Kier molecular flexibility index (Phi) is 3.73. The minimum Gasteiger partial charge on any atom is -0.396 e. The maximum atomic E-state index is 13.4. The second kappa shape index (κ2) is 4.58. The molecular weight excluding hydrogens is 250 g/mol. The number of halogens is 2. The zero-order valence-electron chi connectivity index (χ0n) is 9.74. The van der Waals surface area contributed by atoms with E-state index in [0.717, 1.165) is 10.4 Å². The Morgan fingerprint density at radius 2 is 1.76 bits per heavy atom. The predicted octanol–water partition coefficient (Wildman–Crippen LogP) is 1.58. The maximum Gasteiger partial charge on any atom is 0.246 e. The van der Waals surface area contributed by atoms with Gasteiger partial charge in [-0.1, -0.05) is 0 Å². The summed E-state index contributed by atoms with van der Waals surface area (Å²) < 4.78 is 51.3. The molecule has 1 aromatic carbocycles. The quantitative estimate of drug-likeness (QED) is 0.843. The summed E-state index contributed by atoms with van der Waals surface area (Å²) in [4.78, 5) is -0.618. The minimum atomic E-state index is -4.00. The van der Waals surface area contributed by atoms with E-state index >= 15 is 0 Å². The van der Waals surface area contributed by atoms with E-state index < -0.39 is 32.2 Å². The van der Waals surface area contributed by atoms with Crippen LogP contribution in [0.2, 0.25) is 0 Å². The largest absolute Gasteiger partial charge is 0.396 e. The van der Waals surface area contributed by atoms with Gasteiger partial charge in [-0.2, -0.15) is 4.31 Å². The molecule has 0 bridgehead atoms. The predicted molar refractivity (Wildman–Crippen MR) is 60.9 cm³/mol. The Morgan fingerprint density at radius 3 is 2.24 bits per heavy atom. The van der Waals surface area contributed by atoms with Crippen molar-refractivity contribution in [3.8, 4) is 0 Å². The van der Waals surface area contributed by atoms with Crippen LogP contribution in [0, 0.1) is 11.6 Å². The minimum absolute atomic E-state index is 0.342. The van der Waals surface area contributed by atoms with Crippen molar-refractivity contribution in [2.45, 2.75) is 24.8 Å². The third-order valence-electron chi connectivity index (χ3n) is 2.44. The standard InChI is InChI=1S/C10H14F2N2O2S/c1-6(2)14(3)17(15,16)10-5-9(13)7(11)4-8(10)12/h4-6H,13H2,1-3H3. The normalized spacial score (nSPS) is 12.4. The first-order chi connectivity index (χ1) is 7.67. The molecule has 17 heavy (non-hydrogen) atoms. The van der Waals surface area contributed by atoms with E-state index in [-0.39, 0.29) is 6.04 Å². The molecule has 0 aliphatic carbocycles. The molecule has 0 saturated carbocycles. The van der Waals surface area contributed by atoms with E-state index in [1.807, 2.05) is 0 Å². The summed E-state index contributed by atoms with van der Waals surface area (Å²) >= 11 is 0. The summed E-state index contributed by atoms with van der Waals surface area (Å²) in [5.41, 5.74) is 4.84. The van der Waals surface area contributed by atoms with Crippen LogP contribution in [-0.2, 0) is 10.0 Å². The van der Waals surface area contributed by atoms with Crippen LogP contribution in [0.25, 0.3) is 0 Å². The summed E-state index contributed by atoms with van der Waals surface area (Å²) in [5, 5.41) is 0. The molecular formula is C10H14F2N2O2S. The number of nitrogens with two attached hydrogens (primary N) is 1. The first-order valence-electron chi connectivity index (χ1n) is 4.90. The molecule has 1 aromatic rings. The molecule has 0 atom stereocenters. The molecule has 4 nitrogen and oxygen atoms in total. The van der Waals surface area contributed by atoms with Gasteiger partial charge in [0.2, 0.25) is 10.0 Å². The van der Waals surface area contributed by atoms with Crippen LogP contribution in [0.1, 0.15) is 13.8 Å². The Hall–Kier alpha value is -1.21. The second-order valence-corrected chi connectivity index (χ2v) is 5.89. The van der Waals surface area contributed by atoms with E-state index in [1.165, 1.54) is 7.05 Å². The monoisotopic (exact) mass is 264 g/mol. The van der Waals surface area contributed by atoms with Crippen LogP contribution >= 0.6 is 0 Å². The van der Waals surface area contributed by atoms with Crippen LogP contribution in [0.5, 0.6) is 0 Å². The van der Waals surface area contributed by atoms with Gasteiger partial charge in [0.25, 0.3) is 0 Å². The second-order valence-electron chi connectivity index (χ2n) is 3.92. The van der Waals surface area contributed by atoms with E-state index in [9.17, 15) is 17.2 Å². The fourth-order valence-electron chi connectivity index (χ4n) is 1.18. The molecule has 2 N–H and O–H groups in total. The highest BCUT2D eigenvalue weighted by molar-refractivity contribution is 7.89. The van der Waals surface area contributed by atoms with E-state index in [4.69, 9.17) is 5.73 Å². The Labute approximate surface area is 99.1 Å². The molecule has 0 heterocycles. The summed E-state index contributed by atoms with van der Waals surface area (Å²) in [6.45, 7) is 3.28. The molecule has 96 valence electrons. The maximum absolute atomic E-state index is 13.4. The van der Waals surface area contributed by atoms with Crippen LogP contribution in [-0.4, -0.2) is 25.8 Å². The van der Waals surface area contributed by atoms with Crippen molar-refractivity contribution in [2.24, 2.45) is 0 Å². The number of anilines is 1. The highest BCUT2D eigenvalue weighted by Crippen LogP contribution is 2.24. The van der Waals surface area contributed by atoms with Crippen molar-refractivity contribution in [3.05, 3.63) is 23.8 Å². The van der Waals surface area contributed by atoms with Crippen molar-refractivity contribution >= 4 is 15.7 Å². The van der Waals surface area contributed by atoms with Crippen LogP contribution in [0.4, 0.5) is 14.5 Å². The number of nitrogen functional groups attached to an aromatic ring is 1. The Balaban J connectivity index is 3.39. The third-order valence-corrected chi connectivity index (χ3v) is 4.48. The topological polar surface area (TPSA) is 63.4 Å². The Morgan fingerprint density at radius 1 is 1.24 bits per heavy atom. The van der Waals surface area contributed by atoms with Crippen molar-refractivity contribution in [1.82, 2.24) is 4.31 Å². The van der Waals surface area contributed by atoms with Gasteiger partial charge >= 0.3 is 0 Å². The molecule has 7 heteroatoms. The number of hydrogen-bond acceptors (Lipinski definition) is 3. The number of sulfonamides is 1. The van der Waals surface area contributed by atoms with Gasteiger partial charge in [0.05, 0.1) is 5.69 Å². The van der Waals surface area contributed by atoms with Gasteiger partial charge in [-0.15, -0.1) is 0 Å². The lowest BCUT2D eigenvalue weighted by molar-refractivity contribution is 0.407. The first kappa shape index (κ1) is 13.9. The van der Waals surface area contributed by atoms with Gasteiger partial charge in [0, 0.05) is 19.2 Å². The summed E-state index contributed by atoms with van der Waals surface area (Å²) in [7, 11) is -2.68. The van der Waals surface area contributed by atoms with Crippen molar-refractivity contribution in [2.75, 3.05) is 12.8 Å². The van der Waals surface area contributed by atoms with Gasteiger partial charge in [0.15, 0.2) is 0 Å². The molecule has 0 spiro atoms. The lowest BCUT2D eigenvalue weighted by Crippen LogP contribution is -2.33. The van der Waals surface area contributed by atoms with Gasteiger partial charge < -0.3 is 5.73 Å². The molecule has 0 aliphatic rings. The molecule has 0 fully saturated rings. The lowest BCUT2D eigenvalue weighted by atomic mass is 10.3. The van der Waals surface area contributed by atoms with Crippen LogP contribution < -0.4 is 5.73 Å². The SMILES string of the molecule is CC(C)N(C)S(=O)(=O)c1cc(N)c(F)cc1F. The van der Waals surface area contributed by atoms with Gasteiger partial charge in [-0.05, 0) is 19.9 Å². The third kappa shape index (κ3) is 2.55. The van der Waals surface area contributed by atoms with E-state index in [2.05, 4.69) is 0 Å². The highest BCUT2D eigenvalue weighted by atomic mass is 32.2.